The Balaban J connectivity index is 2.50. The van der Waals surface area contributed by atoms with E-state index in [4.69, 9.17) is 11.6 Å². The van der Waals surface area contributed by atoms with Gasteiger partial charge in [0.1, 0.15) is 5.82 Å². The summed E-state index contributed by atoms with van der Waals surface area (Å²) in [4.78, 5) is 0.893. The second-order valence-corrected chi connectivity index (χ2v) is 6.92. The first-order valence-corrected chi connectivity index (χ1v) is 8.77. The van der Waals surface area contributed by atoms with Crippen LogP contribution in [0, 0.1) is 5.82 Å². The van der Waals surface area contributed by atoms with E-state index in [1.807, 2.05) is 30.5 Å². The SMILES string of the molecule is CSc1ccccc1C(Br)c1cc(Cl)c(Br)cc1F. The van der Waals surface area contributed by atoms with Crippen molar-refractivity contribution >= 4 is 55.2 Å². The molecule has 0 saturated heterocycles. The quantitative estimate of drug-likeness (QED) is 0.310. The molecule has 0 heterocycles. The molecule has 0 aliphatic rings. The molecule has 0 bridgehead atoms. The number of benzene rings is 2. The number of rotatable bonds is 3. The predicted molar refractivity (Wildman–Crippen MR) is 88.1 cm³/mol. The lowest BCUT2D eigenvalue weighted by Gasteiger charge is -2.15. The summed E-state index contributed by atoms with van der Waals surface area (Å²) in [5, 5.41) is 0.502. The highest BCUT2D eigenvalue weighted by molar-refractivity contribution is 9.10. The van der Waals surface area contributed by atoms with Gasteiger partial charge in [0.15, 0.2) is 0 Å². The molecule has 0 aliphatic carbocycles. The van der Waals surface area contributed by atoms with Gasteiger partial charge in [-0.1, -0.05) is 45.7 Å². The van der Waals surface area contributed by atoms with Crippen LogP contribution in [0.5, 0.6) is 0 Å². The average molecular weight is 425 g/mol. The van der Waals surface area contributed by atoms with Crippen molar-refractivity contribution in [1.82, 2.24) is 0 Å². The first-order valence-electron chi connectivity index (χ1n) is 5.46. The molecule has 2 aromatic carbocycles. The number of alkyl halides is 1. The molecule has 2 rings (SSSR count). The average Bonchev–Trinajstić information content (AvgIpc) is 2.42. The molecule has 19 heavy (non-hydrogen) atoms. The molecule has 5 heteroatoms. The van der Waals surface area contributed by atoms with Crippen molar-refractivity contribution < 1.29 is 4.39 Å². The Bertz CT molecular complexity index is 604. The van der Waals surface area contributed by atoms with E-state index in [9.17, 15) is 4.39 Å². The minimum Gasteiger partial charge on any atom is -0.207 e. The Morgan fingerprint density at radius 3 is 2.58 bits per heavy atom. The first kappa shape index (κ1) is 15.4. The molecule has 0 aliphatic heterocycles. The zero-order valence-corrected chi connectivity index (χ0v) is 14.7. The number of thioether (sulfide) groups is 1. The van der Waals surface area contributed by atoms with Crippen molar-refractivity contribution in [3.63, 3.8) is 0 Å². The highest BCUT2D eigenvalue weighted by atomic mass is 79.9. The fourth-order valence-corrected chi connectivity index (χ4v) is 3.80. The second-order valence-electron chi connectivity index (χ2n) is 3.89. The Kier molecular flexibility index (Phi) is 5.35. The van der Waals surface area contributed by atoms with Gasteiger partial charge in [-0.2, -0.15) is 0 Å². The first-order chi connectivity index (χ1) is 9.04. The second kappa shape index (κ2) is 6.61. The summed E-state index contributed by atoms with van der Waals surface area (Å²) in [7, 11) is 0. The summed E-state index contributed by atoms with van der Waals surface area (Å²) in [5.74, 6) is -0.283. The Hall–Kier alpha value is -0.0300. The van der Waals surface area contributed by atoms with E-state index in [-0.39, 0.29) is 10.6 Å². The fraction of sp³-hybridized carbons (Fsp3) is 0.143. The molecule has 1 atom stereocenters. The summed E-state index contributed by atoms with van der Waals surface area (Å²) in [5.41, 5.74) is 1.57. The van der Waals surface area contributed by atoms with Gasteiger partial charge in [-0.05, 0) is 45.9 Å². The van der Waals surface area contributed by atoms with Crippen molar-refractivity contribution in [2.75, 3.05) is 6.26 Å². The summed E-state index contributed by atoms with van der Waals surface area (Å²) >= 11 is 14.5. The molecule has 0 spiro atoms. The number of hydrogen-bond acceptors (Lipinski definition) is 1. The zero-order valence-electron chi connectivity index (χ0n) is 9.96. The predicted octanol–water partition coefficient (Wildman–Crippen LogP) is 6.45. The third-order valence-corrected chi connectivity index (χ3v) is 5.72. The highest BCUT2D eigenvalue weighted by Crippen LogP contribution is 2.39. The number of hydrogen-bond donors (Lipinski definition) is 0. The molecule has 0 radical (unpaired) electrons. The normalized spacial score (nSPS) is 12.5. The molecule has 0 amide bonds. The molecule has 2 aromatic rings. The summed E-state index contributed by atoms with van der Waals surface area (Å²) in [6, 6.07) is 11.0. The molecular formula is C14H10Br2ClFS. The van der Waals surface area contributed by atoms with E-state index >= 15 is 0 Å². The molecule has 0 nitrogen and oxygen atoms in total. The van der Waals surface area contributed by atoms with Crippen molar-refractivity contribution in [2.45, 2.75) is 9.72 Å². The largest absolute Gasteiger partial charge is 0.207 e. The lowest BCUT2D eigenvalue weighted by atomic mass is 10.0. The van der Waals surface area contributed by atoms with Gasteiger partial charge >= 0.3 is 0 Å². The topological polar surface area (TPSA) is 0 Å². The fourth-order valence-electron chi connectivity index (χ4n) is 1.78. The Labute approximate surface area is 138 Å². The van der Waals surface area contributed by atoms with Gasteiger partial charge in [0, 0.05) is 14.9 Å². The van der Waals surface area contributed by atoms with Crippen LogP contribution in [-0.2, 0) is 0 Å². The molecule has 1 unspecified atom stereocenters. The summed E-state index contributed by atoms with van der Waals surface area (Å²) in [6.45, 7) is 0. The smallest absolute Gasteiger partial charge is 0.129 e. The van der Waals surface area contributed by atoms with Crippen molar-refractivity contribution in [2.24, 2.45) is 0 Å². The minimum absolute atomic E-state index is 0.221. The minimum atomic E-state index is -0.283. The van der Waals surface area contributed by atoms with Crippen molar-refractivity contribution in [3.8, 4) is 0 Å². The van der Waals surface area contributed by atoms with Gasteiger partial charge in [0.2, 0.25) is 0 Å². The molecule has 0 fully saturated rings. The van der Waals surface area contributed by atoms with E-state index in [1.165, 1.54) is 6.07 Å². The Morgan fingerprint density at radius 1 is 1.21 bits per heavy atom. The van der Waals surface area contributed by atoms with Crippen LogP contribution in [0.1, 0.15) is 16.0 Å². The number of halogens is 4. The third-order valence-electron chi connectivity index (χ3n) is 2.72. The Morgan fingerprint density at radius 2 is 1.89 bits per heavy atom. The van der Waals surface area contributed by atoms with Crippen LogP contribution >= 0.6 is 55.2 Å². The van der Waals surface area contributed by atoms with Crippen LogP contribution in [-0.4, -0.2) is 6.26 Å². The summed E-state index contributed by atoms with van der Waals surface area (Å²) in [6.07, 6.45) is 2.00. The molecular weight excluding hydrogens is 414 g/mol. The molecule has 0 aromatic heterocycles. The van der Waals surface area contributed by atoms with Gasteiger partial charge in [0.25, 0.3) is 0 Å². The maximum Gasteiger partial charge on any atom is 0.129 e. The standard InChI is InChI=1S/C14H10Br2ClFS/c1-19-13-5-3-2-4-8(13)14(16)9-6-11(17)10(15)7-12(9)18/h2-7,14H,1H3. The van der Waals surface area contributed by atoms with E-state index in [1.54, 1.807) is 17.8 Å². The van der Waals surface area contributed by atoms with Gasteiger partial charge in [-0.25, -0.2) is 4.39 Å². The van der Waals surface area contributed by atoms with E-state index < -0.39 is 0 Å². The maximum absolute atomic E-state index is 14.1. The maximum atomic E-state index is 14.1. The lowest BCUT2D eigenvalue weighted by molar-refractivity contribution is 0.612. The van der Waals surface area contributed by atoms with E-state index in [0.717, 1.165) is 10.5 Å². The van der Waals surface area contributed by atoms with E-state index in [0.29, 0.717) is 15.1 Å². The highest BCUT2D eigenvalue weighted by Gasteiger charge is 2.19. The molecule has 0 N–H and O–H groups in total. The van der Waals surface area contributed by atoms with Gasteiger partial charge in [0.05, 0.1) is 9.85 Å². The van der Waals surface area contributed by atoms with E-state index in [2.05, 4.69) is 31.9 Å². The van der Waals surface area contributed by atoms with Crippen molar-refractivity contribution in [1.29, 1.82) is 0 Å². The van der Waals surface area contributed by atoms with Crippen LogP contribution in [0.15, 0.2) is 45.8 Å². The van der Waals surface area contributed by atoms with Gasteiger partial charge in [-0.15, -0.1) is 11.8 Å². The monoisotopic (exact) mass is 422 g/mol. The summed E-state index contributed by atoms with van der Waals surface area (Å²) < 4.78 is 14.6. The zero-order chi connectivity index (χ0) is 14.0. The van der Waals surface area contributed by atoms with Crippen LogP contribution in [0.2, 0.25) is 5.02 Å². The van der Waals surface area contributed by atoms with Crippen LogP contribution in [0.4, 0.5) is 4.39 Å². The third kappa shape index (κ3) is 3.35. The molecule has 0 saturated carbocycles. The lowest BCUT2D eigenvalue weighted by Crippen LogP contribution is -1.98. The van der Waals surface area contributed by atoms with Crippen molar-refractivity contribution in [3.05, 3.63) is 62.8 Å². The van der Waals surface area contributed by atoms with Crippen LogP contribution in [0.25, 0.3) is 0 Å². The van der Waals surface area contributed by atoms with Gasteiger partial charge < -0.3 is 0 Å². The van der Waals surface area contributed by atoms with Crippen LogP contribution < -0.4 is 0 Å². The van der Waals surface area contributed by atoms with Crippen LogP contribution in [0.3, 0.4) is 0 Å². The van der Waals surface area contributed by atoms with Gasteiger partial charge in [-0.3, -0.25) is 0 Å². The molecule has 100 valence electrons.